The minimum Gasteiger partial charge on any atom is -0.388 e. The SMILES string of the molecule is CCc1nn([C@H]2C[C@@H]3O[Si](C(C)C)(C(C)C)OCOC[C@@H]3O2)c2ncnc(N)c12. The first-order valence-electron chi connectivity index (χ1n) is 10.4. The number of rotatable bonds is 4. The number of ether oxygens (including phenoxy) is 2. The first-order chi connectivity index (χ1) is 13.9. The monoisotopic (exact) mass is 421 g/mol. The van der Waals surface area contributed by atoms with E-state index in [0.717, 1.165) is 17.5 Å². The van der Waals surface area contributed by atoms with E-state index in [4.69, 9.17) is 29.2 Å². The van der Waals surface area contributed by atoms with Crippen molar-refractivity contribution in [1.82, 2.24) is 19.7 Å². The Morgan fingerprint density at radius 3 is 2.66 bits per heavy atom. The number of hydrogen-bond acceptors (Lipinski definition) is 8. The summed E-state index contributed by atoms with van der Waals surface area (Å²) >= 11 is 0. The van der Waals surface area contributed by atoms with E-state index in [-0.39, 0.29) is 25.2 Å². The lowest BCUT2D eigenvalue weighted by atomic mass is 10.2. The van der Waals surface area contributed by atoms with Crippen molar-refractivity contribution in [2.24, 2.45) is 0 Å². The number of fused-ring (bicyclic) bond motifs is 2. The molecule has 3 atom stereocenters. The van der Waals surface area contributed by atoms with Crippen molar-refractivity contribution in [3.63, 3.8) is 0 Å². The summed E-state index contributed by atoms with van der Waals surface area (Å²) in [6.07, 6.45) is 2.29. The van der Waals surface area contributed by atoms with Crippen molar-refractivity contribution in [3.05, 3.63) is 12.0 Å². The van der Waals surface area contributed by atoms with Gasteiger partial charge >= 0.3 is 8.56 Å². The van der Waals surface area contributed by atoms with Crippen LogP contribution < -0.4 is 5.73 Å². The molecule has 4 rings (SSSR count). The van der Waals surface area contributed by atoms with Gasteiger partial charge in [0, 0.05) is 6.42 Å². The molecule has 2 saturated heterocycles. The molecule has 0 aromatic carbocycles. The molecule has 2 aliphatic heterocycles. The molecule has 9 nitrogen and oxygen atoms in total. The number of nitrogen functional groups attached to an aromatic ring is 1. The number of nitrogens with zero attached hydrogens (tertiary/aromatic N) is 4. The Hall–Kier alpha value is -1.59. The molecule has 2 N–H and O–H groups in total. The second-order valence-electron chi connectivity index (χ2n) is 8.39. The van der Waals surface area contributed by atoms with Gasteiger partial charge in [-0.05, 0) is 17.5 Å². The van der Waals surface area contributed by atoms with Crippen molar-refractivity contribution in [1.29, 1.82) is 0 Å². The van der Waals surface area contributed by atoms with Crippen molar-refractivity contribution >= 4 is 25.4 Å². The van der Waals surface area contributed by atoms with Crippen LogP contribution in [-0.2, 0) is 24.7 Å². The summed E-state index contributed by atoms with van der Waals surface area (Å²) in [5.74, 6) is 0.445. The molecule has 0 bridgehead atoms. The maximum atomic E-state index is 6.76. The molecule has 2 aliphatic rings. The normalized spacial score (nSPS) is 27.3. The van der Waals surface area contributed by atoms with Gasteiger partial charge in [0.25, 0.3) is 0 Å². The Labute approximate surface area is 172 Å². The van der Waals surface area contributed by atoms with E-state index in [1.165, 1.54) is 6.33 Å². The topological polar surface area (TPSA) is 107 Å². The van der Waals surface area contributed by atoms with E-state index in [9.17, 15) is 0 Å². The predicted molar refractivity (Wildman–Crippen MR) is 110 cm³/mol. The Morgan fingerprint density at radius 1 is 1.21 bits per heavy atom. The minimum absolute atomic E-state index is 0.111. The third kappa shape index (κ3) is 3.46. The third-order valence-corrected chi connectivity index (χ3v) is 10.4. The average molecular weight is 422 g/mol. The molecular weight excluding hydrogens is 390 g/mol. The van der Waals surface area contributed by atoms with Crippen molar-refractivity contribution in [3.8, 4) is 0 Å². The van der Waals surface area contributed by atoms with Crippen LogP contribution in [0.2, 0.25) is 11.1 Å². The highest BCUT2D eigenvalue weighted by molar-refractivity contribution is 6.70. The zero-order chi connectivity index (χ0) is 20.8. The van der Waals surface area contributed by atoms with Crippen LogP contribution in [-0.4, -0.2) is 53.9 Å². The van der Waals surface area contributed by atoms with E-state index in [1.807, 2.05) is 11.6 Å². The zero-order valence-corrected chi connectivity index (χ0v) is 18.8. The van der Waals surface area contributed by atoms with E-state index >= 15 is 0 Å². The maximum Gasteiger partial charge on any atom is 0.345 e. The van der Waals surface area contributed by atoms with Gasteiger partial charge in [0.2, 0.25) is 0 Å². The van der Waals surface area contributed by atoms with E-state index in [2.05, 4.69) is 37.7 Å². The number of aromatic nitrogens is 4. The highest BCUT2D eigenvalue weighted by Crippen LogP contribution is 2.42. The van der Waals surface area contributed by atoms with Crippen LogP contribution in [0, 0.1) is 0 Å². The predicted octanol–water partition coefficient (Wildman–Crippen LogP) is 2.91. The number of aryl methyl sites for hydroxylation is 1. The molecule has 4 heterocycles. The molecule has 0 amide bonds. The lowest BCUT2D eigenvalue weighted by molar-refractivity contribution is -0.116. The third-order valence-electron chi connectivity index (χ3n) is 5.97. The largest absolute Gasteiger partial charge is 0.388 e. The summed E-state index contributed by atoms with van der Waals surface area (Å²) in [4.78, 5) is 8.56. The second kappa shape index (κ2) is 7.92. The van der Waals surface area contributed by atoms with Crippen LogP contribution in [0.3, 0.4) is 0 Å². The lowest BCUT2D eigenvalue weighted by Gasteiger charge is -2.41. The molecule has 0 radical (unpaired) electrons. The first kappa shape index (κ1) is 20.7. The van der Waals surface area contributed by atoms with Gasteiger partial charge in [-0.2, -0.15) is 5.10 Å². The van der Waals surface area contributed by atoms with Crippen LogP contribution in [0.1, 0.15) is 53.0 Å². The molecule has 0 aliphatic carbocycles. The molecule has 0 saturated carbocycles. The van der Waals surface area contributed by atoms with Gasteiger partial charge in [0.15, 0.2) is 11.9 Å². The van der Waals surface area contributed by atoms with Crippen molar-refractivity contribution in [2.45, 2.75) is 77.0 Å². The Bertz CT molecular complexity index is 866. The summed E-state index contributed by atoms with van der Waals surface area (Å²) in [6, 6.07) is 0. The number of anilines is 1. The Kier molecular flexibility index (Phi) is 5.64. The van der Waals surface area contributed by atoms with Crippen LogP contribution in [0.25, 0.3) is 11.0 Å². The molecular formula is C19H31N5O4Si. The van der Waals surface area contributed by atoms with Gasteiger partial charge < -0.3 is 24.1 Å². The van der Waals surface area contributed by atoms with Crippen molar-refractivity contribution in [2.75, 3.05) is 19.1 Å². The van der Waals surface area contributed by atoms with Crippen LogP contribution >= 0.6 is 0 Å². The number of hydrogen-bond donors (Lipinski definition) is 1. The maximum absolute atomic E-state index is 6.76. The summed E-state index contributed by atoms with van der Waals surface area (Å²) in [5.41, 5.74) is 8.27. The van der Waals surface area contributed by atoms with E-state index in [1.54, 1.807) is 0 Å². The Balaban J connectivity index is 1.67. The molecule has 2 fully saturated rings. The smallest absolute Gasteiger partial charge is 0.345 e. The van der Waals surface area contributed by atoms with E-state index < -0.39 is 8.56 Å². The quantitative estimate of drug-likeness (QED) is 0.751. The van der Waals surface area contributed by atoms with Gasteiger partial charge in [-0.25, -0.2) is 14.6 Å². The van der Waals surface area contributed by atoms with Gasteiger partial charge in [-0.3, -0.25) is 0 Å². The standard InChI is InChI=1S/C19H31N5O4Si/c1-6-13-17-18(20)21-9-22-19(17)24(23-13)16-7-14-15(27-16)8-25-10-26-29(28-14,11(2)3)12(4)5/h9,11-12,14-16H,6-8,10H2,1-5H3,(H2,20,21,22)/t14-,15-,16+/m0/s1. The van der Waals surface area contributed by atoms with Crippen LogP contribution in [0.5, 0.6) is 0 Å². The van der Waals surface area contributed by atoms with Gasteiger partial charge in [-0.15, -0.1) is 0 Å². The fourth-order valence-electron chi connectivity index (χ4n) is 4.48. The van der Waals surface area contributed by atoms with Gasteiger partial charge in [0.1, 0.15) is 25.0 Å². The van der Waals surface area contributed by atoms with Crippen LogP contribution in [0.4, 0.5) is 5.82 Å². The van der Waals surface area contributed by atoms with E-state index in [0.29, 0.717) is 35.6 Å². The Morgan fingerprint density at radius 2 is 1.97 bits per heavy atom. The van der Waals surface area contributed by atoms with Gasteiger partial charge in [-0.1, -0.05) is 34.6 Å². The summed E-state index contributed by atoms with van der Waals surface area (Å²) < 4.78 is 27.0. The molecule has 0 unspecified atom stereocenters. The average Bonchev–Trinajstić information content (AvgIpc) is 3.22. The number of nitrogens with two attached hydrogens (primary N) is 1. The summed E-state index contributed by atoms with van der Waals surface area (Å²) in [6.45, 7) is 11.4. The molecule has 0 spiro atoms. The minimum atomic E-state index is -2.48. The second-order valence-corrected chi connectivity index (χ2v) is 12.7. The van der Waals surface area contributed by atoms with Crippen LogP contribution in [0.15, 0.2) is 6.33 Å². The highest BCUT2D eigenvalue weighted by Gasteiger charge is 2.51. The highest BCUT2D eigenvalue weighted by atomic mass is 28.4. The molecule has 2 aromatic rings. The van der Waals surface area contributed by atoms with Gasteiger partial charge in [0.05, 0.1) is 23.8 Å². The lowest BCUT2D eigenvalue weighted by Crippen LogP contribution is -2.54. The molecule has 160 valence electrons. The molecule has 10 heteroatoms. The van der Waals surface area contributed by atoms with Crippen molar-refractivity contribution < 1.29 is 18.3 Å². The summed E-state index contributed by atoms with van der Waals surface area (Å²) in [5, 5.41) is 5.56. The fraction of sp³-hybridized carbons (Fsp3) is 0.737. The first-order valence-corrected chi connectivity index (χ1v) is 12.4. The zero-order valence-electron chi connectivity index (χ0n) is 17.8. The summed E-state index contributed by atoms with van der Waals surface area (Å²) in [7, 11) is -2.48. The molecule has 29 heavy (non-hydrogen) atoms. The molecule has 2 aromatic heterocycles. The fourth-order valence-corrected chi connectivity index (χ4v) is 8.08.